The molecule has 0 amide bonds. The lowest BCUT2D eigenvalue weighted by molar-refractivity contribution is 0.411. The molecule has 1 aromatic carbocycles. The van der Waals surface area contributed by atoms with Crippen molar-refractivity contribution >= 4 is 15.9 Å². The van der Waals surface area contributed by atoms with E-state index in [2.05, 4.69) is 39.7 Å². The zero-order valence-corrected chi connectivity index (χ0v) is 11.1. The Morgan fingerprint density at radius 2 is 2.00 bits per heavy atom. The van der Waals surface area contributed by atoms with Crippen LogP contribution in [0.15, 0.2) is 23.1 Å². The lowest BCUT2D eigenvalue weighted by atomic mass is 10.0. The predicted octanol–water partition coefficient (Wildman–Crippen LogP) is 3.46. The minimum Gasteiger partial charge on any atom is -0.496 e. The number of aromatic amines is 1. The van der Waals surface area contributed by atoms with E-state index >= 15 is 0 Å². The molecule has 0 aliphatic rings. The van der Waals surface area contributed by atoms with Crippen LogP contribution in [0.5, 0.6) is 5.75 Å². The highest BCUT2D eigenvalue weighted by atomic mass is 79.9. The topological polar surface area (TPSA) is 37.9 Å². The Morgan fingerprint density at radius 3 is 2.56 bits per heavy atom. The van der Waals surface area contributed by atoms with Gasteiger partial charge in [-0.05, 0) is 53.0 Å². The third kappa shape index (κ3) is 1.85. The molecule has 0 atom stereocenters. The lowest BCUT2D eigenvalue weighted by Crippen LogP contribution is -1.92. The van der Waals surface area contributed by atoms with Gasteiger partial charge in [-0.25, -0.2) is 4.98 Å². The number of methoxy groups -OCH3 is 1. The maximum Gasteiger partial charge on any atom is 0.174 e. The van der Waals surface area contributed by atoms with Crippen LogP contribution in [0, 0.1) is 13.8 Å². The van der Waals surface area contributed by atoms with Crippen LogP contribution in [0.2, 0.25) is 0 Å². The first-order valence-electron chi connectivity index (χ1n) is 4.98. The molecule has 4 heteroatoms. The van der Waals surface area contributed by atoms with Crippen molar-refractivity contribution in [2.45, 2.75) is 13.8 Å². The van der Waals surface area contributed by atoms with Crippen molar-refractivity contribution in [2.24, 2.45) is 0 Å². The van der Waals surface area contributed by atoms with Crippen LogP contribution in [0.3, 0.4) is 0 Å². The van der Waals surface area contributed by atoms with E-state index in [9.17, 15) is 0 Å². The number of H-pyrrole nitrogens is 1. The van der Waals surface area contributed by atoms with E-state index in [1.54, 1.807) is 7.11 Å². The number of aromatic nitrogens is 2. The fourth-order valence-corrected chi connectivity index (χ4v) is 2.06. The van der Waals surface area contributed by atoms with Gasteiger partial charge in [0.15, 0.2) is 4.73 Å². The van der Waals surface area contributed by atoms with Gasteiger partial charge in [0.1, 0.15) is 5.75 Å². The minimum atomic E-state index is 0.746. The van der Waals surface area contributed by atoms with Crippen molar-refractivity contribution in [1.29, 1.82) is 0 Å². The Bertz CT molecular complexity index is 520. The monoisotopic (exact) mass is 280 g/mol. The van der Waals surface area contributed by atoms with E-state index in [1.807, 2.05) is 18.3 Å². The van der Waals surface area contributed by atoms with Gasteiger partial charge in [-0.1, -0.05) is 0 Å². The van der Waals surface area contributed by atoms with Gasteiger partial charge in [0.25, 0.3) is 0 Å². The summed E-state index contributed by atoms with van der Waals surface area (Å²) < 4.78 is 6.03. The van der Waals surface area contributed by atoms with Crippen molar-refractivity contribution in [1.82, 2.24) is 9.97 Å². The van der Waals surface area contributed by atoms with Gasteiger partial charge < -0.3 is 9.72 Å². The molecule has 0 radical (unpaired) electrons. The van der Waals surface area contributed by atoms with Gasteiger partial charge in [0.2, 0.25) is 0 Å². The zero-order chi connectivity index (χ0) is 11.7. The first-order valence-corrected chi connectivity index (χ1v) is 5.78. The van der Waals surface area contributed by atoms with Gasteiger partial charge in [-0.3, -0.25) is 0 Å². The third-order valence-electron chi connectivity index (χ3n) is 2.79. The molecule has 1 N–H and O–H groups in total. The Balaban J connectivity index is 2.55. The fourth-order valence-electron chi connectivity index (χ4n) is 1.74. The minimum absolute atomic E-state index is 0.746. The van der Waals surface area contributed by atoms with E-state index in [0.29, 0.717) is 0 Å². The molecule has 2 aromatic rings. The number of ether oxygens (including phenoxy) is 1. The number of imidazole rings is 1. The first-order chi connectivity index (χ1) is 7.63. The summed E-state index contributed by atoms with van der Waals surface area (Å²) in [6.45, 7) is 4.14. The number of hydrogen-bond donors (Lipinski definition) is 1. The maximum absolute atomic E-state index is 5.29. The first kappa shape index (κ1) is 11.2. The number of rotatable bonds is 2. The molecule has 2 rings (SSSR count). The summed E-state index contributed by atoms with van der Waals surface area (Å²) in [6, 6.07) is 4.02. The summed E-state index contributed by atoms with van der Waals surface area (Å²) in [6.07, 6.45) is 1.82. The molecule has 3 nitrogen and oxygen atoms in total. The predicted molar refractivity (Wildman–Crippen MR) is 67.7 cm³/mol. The van der Waals surface area contributed by atoms with Crippen LogP contribution in [0.4, 0.5) is 0 Å². The number of halogens is 1. The molecule has 0 fully saturated rings. The SMILES string of the molecule is COc1ccc(-c2cnc(Br)[nH]2)c(C)c1C. The van der Waals surface area contributed by atoms with Crippen molar-refractivity contribution in [3.63, 3.8) is 0 Å². The van der Waals surface area contributed by atoms with Crippen LogP contribution < -0.4 is 4.74 Å². The van der Waals surface area contributed by atoms with Crippen molar-refractivity contribution in [2.75, 3.05) is 7.11 Å². The molecule has 0 bridgehead atoms. The van der Waals surface area contributed by atoms with Crippen LogP contribution >= 0.6 is 15.9 Å². The molecule has 0 aliphatic heterocycles. The zero-order valence-electron chi connectivity index (χ0n) is 9.47. The summed E-state index contributed by atoms with van der Waals surface area (Å²) in [7, 11) is 1.69. The normalized spacial score (nSPS) is 10.5. The fraction of sp³-hybridized carbons (Fsp3) is 0.250. The van der Waals surface area contributed by atoms with Gasteiger partial charge in [-0.15, -0.1) is 0 Å². The molecule has 0 saturated carbocycles. The molecule has 16 heavy (non-hydrogen) atoms. The average molecular weight is 281 g/mol. The summed E-state index contributed by atoms with van der Waals surface area (Å²) in [5.74, 6) is 0.917. The molecule has 1 aromatic heterocycles. The molecular formula is C12H13BrN2O. The maximum atomic E-state index is 5.29. The Morgan fingerprint density at radius 1 is 1.25 bits per heavy atom. The van der Waals surface area contributed by atoms with Crippen LogP contribution in [0.25, 0.3) is 11.3 Å². The van der Waals surface area contributed by atoms with Gasteiger partial charge in [0.05, 0.1) is 19.0 Å². The van der Waals surface area contributed by atoms with Crippen LogP contribution in [-0.2, 0) is 0 Å². The van der Waals surface area contributed by atoms with Crippen molar-refractivity contribution in [3.8, 4) is 17.0 Å². The molecular weight excluding hydrogens is 268 g/mol. The Kier molecular flexibility index (Phi) is 3.01. The molecule has 0 aliphatic carbocycles. The smallest absolute Gasteiger partial charge is 0.174 e. The van der Waals surface area contributed by atoms with E-state index in [-0.39, 0.29) is 0 Å². The molecule has 0 spiro atoms. The Hall–Kier alpha value is -1.29. The van der Waals surface area contributed by atoms with E-state index in [1.165, 1.54) is 5.56 Å². The van der Waals surface area contributed by atoms with Gasteiger partial charge in [0, 0.05) is 5.56 Å². The van der Waals surface area contributed by atoms with E-state index in [4.69, 9.17) is 4.74 Å². The highest BCUT2D eigenvalue weighted by molar-refractivity contribution is 9.10. The summed E-state index contributed by atoms with van der Waals surface area (Å²) in [5.41, 5.74) is 4.52. The summed E-state index contributed by atoms with van der Waals surface area (Å²) in [4.78, 5) is 7.30. The van der Waals surface area contributed by atoms with E-state index in [0.717, 1.165) is 27.3 Å². The average Bonchev–Trinajstić information content (AvgIpc) is 2.69. The lowest BCUT2D eigenvalue weighted by Gasteiger charge is -2.11. The second-order valence-corrected chi connectivity index (χ2v) is 4.40. The quantitative estimate of drug-likeness (QED) is 0.915. The number of nitrogens with zero attached hydrogens (tertiary/aromatic N) is 1. The number of nitrogens with one attached hydrogen (secondary N) is 1. The van der Waals surface area contributed by atoms with Gasteiger partial charge in [-0.2, -0.15) is 0 Å². The third-order valence-corrected chi connectivity index (χ3v) is 3.20. The van der Waals surface area contributed by atoms with Crippen LogP contribution in [0.1, 0.15) is 11.1 Å². The Labute approximate surface area is 103 Å². The molecule has 1 heterocycles. The second kappa shape index (κ2) is 4.29. The highest BCUT2D eigenvalue weighted by Gasteiger charge is 2.09. The second-order valence-electron chi connectivity index (χ2n) is 3.65. The number of hydrogen-bond acceptors (Lipinski definition) is 2. The van der Waals surface area contributed by atoms with E-state index < -0.39 is 0 Å². The van der Waals surface area contributed by atoms with Gasteiger partial charge >= 0.3 is 0 Å². The summed E-state index contributed by atoms with van der Waals surface area (Å²) in [5, 5.41) is 0. The molecule has 0 saturated heterocycles. The van der Waals surface area contributed by atoms with Crippen molar-refractivity contribution in [3.05, 3.63) is 34.2 Å². The number of benzene rings is 1. The summed E-state index contributed by atoms with van der Waals surface area (Å²) >= 11 is 3.31. The standard InChI is InChI=1S/C12H13BrN2O/c1-7-8(2)11(16-3)5-4-9(7)10-6-14-12(13)15-10/h4-6H,1-3H3,(H,14,15). The molecule has 0 unspecified atom stereocenters. The largest absolute Gasteiger partial charge is 0.496 e. The van der Waals surface area contributed by atoms with Crippen LogP contribution in [-0.4, -0.2) is 17.1 Å². The molecule has 84 valence electrons. The van der Waals surface area contributed by atoms with Crippen molar-refractivity contribution < 1.29 is 4.74 Å². The highest BCUT2D eigenvalue weighted by Crippen LogP contribution is 2.30.